The Hall–Kier alpha value is -3.31. The number of carbonyl (C=O) groups excluding carboxylic acids is 1. The molecule has 1 amide bonds. The van der Waals surface area contributed by atoms with Crippen LogP contribution in [0, 0.1) is 0 Å². The third kappa shape index (κ3) is 5.15. The van der Waals surface area contributed by atoms with Gasteiger partial charge >= 0.3 is 0 Å². The Labute approximate surface area is 171 Å². The van der Waals surface area contributed by atoms with Gasteiger partial charge in [-0.2, -0.15) is 0 Å². The lowest BCUT2D eigenvalue weighted by Crippen LogP contribution is -2.48. The van der Waals surface area contributed by atoms with Crippen LogP contribution in [-0.2, 0) is 4.79 Å². The van der Waals surface area contributed by atoms with Crippen LogP contribution in [0.3, 0.4) is 0 Å². The summed E-state index contributed by atoms with van der Waals surface area (Å²) in [5.74, 6) is 1.36. The molecule has 4 rings (SSSR count). The second-order valence-corrected chi connectivity index (χ2v) is 7.06. The third-order valence-electron chi connectivity index (χ3n) is 4.99. The third-order valence-corrected chi connectivity index (χ3v) is 4.99. The van der Waals surface area contributed by atoms with E-state index in [0.717, 1.165) is 31.9 Å². The second-order valence-electron chi connectivity index (χ2n) is 7.06. The van der Waals surface area contributed by atoms with Crippen molar-refractivity contribution in [2.45, 2.75) is 0 Å². The van der Waals surface area contributed by atoms with Gasteiger partial charge in [-0.1, -0.05) is 48.5 Å². The van der Waals surface area contributed by atoms with Crippen LogP contribution in [0.1, 0.15) is 0 Å². The van der Waals surface area contributed by atoms with Crippen LogP contribution >= 0.6 is 0 Å². The monoisotopic (exact) mass is 387 g/mol. The highest BCUT2D eigenvalue weighted by molar-refractivity contribution is 5.93. The van der Waals surface area contributed by atoms with Gasteiger partial charge < -0.3 is 15.0 Å². The Morgan fingerprint density at radius 1 is 0.793 bits per heavy atom. The molecule has 5 nitrogen and oxygen atoms in total. The quantitative estimate of drug-likeness (QED) is 0.687. The van der Waals surface area contributed by atoms with Gasteiger partial charge in [-0.25, -0.2) is 0 Å². The van der Waals surface area contributed by atoms with Gasteiger partial charge in [0.2, 0.25) is 5.91 Å². The number of carbonyl (C=O) groups is 1. The summed E-state index contributed by atoms with van der Waals surface area (Å²) < 4.78 is 5.93. The Balaban J connectivity index is 1.31. The van der Waals surface area contributed by atoms with E-state index < -0.39 is 0 Å². The molecular weight excluding hydrogens is 362 g/mol. The number of amides is 1. The zero-order valence-electron chi connectivity index (χ0n) is 16.3. The van der Waals surface area contributed by atoms with Gasteiger partial charge in [0.25, 0.3) is 0 Å². The number of nitrogens with one attached hydrogen (secondary N) is 1. The van der Waals surface area contributed by atoms with Crippen molar-refractivity contribution in [3.05, 3.63) is 84.9 Å². The molecule has 5 heteroatoms. The first-order valence-corrected chi connectivity index (χ1v) is 9.92. The van der Waals surface area contributed by atoms with E-state index in [-0.39, 0.29) is 5.91 Å². The van der Waals surface area contributed by atoms with Gasteiger partial charge in [-0.15, -0.1) is 0 Å². The molecule has 1 fully saturated rings. The van der Waals surface area contributed by atoms with E-state index in [4.69, 9.17) is 4.74 Å². The molecular formula is C24H25N3O2. The molecule has 3 aromatic carbocycles. The molecule has 0 aliphatic carbocycles. The number of hydrogen-bond donors (Lipinski definition) is 1. The van der Waals surface area contributed by atoms with E-state index in [1.807, 2.05) is 60.7 Å². The summed E-state index contributed by atoms with van der Waals surface area (Å²) >= 11 is 0. The predicted molar refractivity (Wildman–Crippen MR) is 117 cm³/mol. The number of para-hydroxylation sites is 4. The number of hydrogen-bond acceptors (Lipinski definition) is 4. The summed E-state index contributed by atoms with van der Waals surface area (Å²) in [5.41, 5.74) is 1.92. The summed E-state index contributed by atoms with van der Waals surface area (Å²) in [6, 6.07) is 27.5. The first kappa shape index (κ1) is 19.0. The first-order chi connectivity index (χ1) is 14.3. The molecule has 0 saturated carbocycles. The second kappa shape index (κ2) is 9.26. The van der Waals surface area contributed by atoms with Crippen molar-refractivity contribution in [1.82, 2.24) is 4.90 Å². The molecule has 0 bridgehead atoms. The number of piperazine rings is 1. The lowest BCUT2D eigenvalue weighted by atomic mass is 10.2. The van der Waals surface area contributed by atoms with E-state index in [1.165, 1.54) is 5.69 Å². The molecule has 0 aromatic heterocycles. The van der Waals surface area contributed by atoms with Crippen molar-refractivity contribution >= 4 is 17.3 Å². The number of ether oxygens (including phenoxy) is 1. The van der Waals surface area contributed by atoms with E-state index >= 15 is 0 Å². The van der Waals surface area contributed by atoms with Crippen molar-refractivity contribution in [3.8, 4) is 11.5 Å². The molecule has 148 valence electrons. The van der Waals surface area contributed by atoms with Crippen molar-refractivity contribution < 1.29 is 9.53 Å². The summed E-state index contributed by atoms with van der Waals surface area (Å²) in [7, 11) is 0. The summed E-state index contributed by atoms with van der Waals surface area (Å²) in [4.78, 5) is 17.2. The minimum atomic E-state index is -0.0257. The van der Waals surface area contributed by atoms with Crippen LogP contribution in [0.2, 0.25) is 0 Å². The fourth-order valence-electron chi connectivity index (χ4n) is 3.47. The van der Waals surface area contributed by atoms with Crippen LogP contribution in [0.15, 0.2) is 84.9 Å². The standard InChI is InChI=1S/C24H25N3O2/c28-24(19-26-15-17-27(18-16-26)20-9-3-1-4-10-20)25-22-13-7-8-14-23(22)29-21-11-5-2-6-12-21/h1-14H,15-19H2,(H,25,28). The van der Waals surface area contributed by atoms with Crippen molar-refractivity contribution in [1.29, 1.82) is 0 Å². The summed E-state index contributed by atoms with van der Waals surface area (Å²) in [6.07, 6.45) is 0. The average Bonchev–Trinajstić information content (AvgIpc) is 2.77. The van der Waals surface area contributed by atoms with Gasteiger partial charge in [0, 0.05) is 31.9 Å². The Kier molecular flexibility index (Phi) is 6.07. The first-order valence-electron chi connectivity index (χ1n) is 9.92. The average molecular weight is 387 g/mol. The topological polar surface area (TPSA) is 44.8 Å². The maximum absolute atomic E-state index is 12.6. The molecule has 0 radical (unpaired) electrons. The molecule has 1 aliphatic heterocycles. The molecule has 1 aliphatic rings. The van der Waals surface area contributed by atoms with E-state index in [9.17, 15) is 4.79 Å². The molecule has 3 aromatic rings. The van der Waals surface area contributed by atoms with Crippen LogP contribution in [0.25, 0.3) is 0 Å². The molecule has 1 saturated heterocycles. The van der Waals surface area contributed by atoms with Crippen LogP contribution in [0.5, 0.6) is 11.5 Å². The van der Waals surface area contributed by atoms with Crippen LogP contribution < -0.4 is 15.0 Å². The zero-order chi connectivity index (χ0) is 19.9. The maximum Gasteiger partial charge on any atom is 0.238 e. The molecule has 1 N–H and O–H groups in total. The Morgan fingerprint density at radius 3 is 2.14 bits per heavy atom. The number of benzene rings is 3. The largest absolute Gasteiger partial charge is 0.455 e. The Morgan fingerprint density at radius 2 is 1.41 bits per heavy atom. The van der Waals surface area contributed by atoms with Gasteiger partial charge in [-0.05, 0) is 36.4 Å². The highest BCUT2D eigenvalue weighted by Crippen LogP contribution is 2.29. The zero-order valence-corrected chi connectivity index (χ0v) is 16.3. The highest BCUT2D eigenvalue weighted by atomic mass is 16.5. The Bertz CT molecular complexity index is 923. The molecule has 0 spiro atoms. The van der Waals surface area contributed by atoms with Crippen LogP contribution in [0.4, 0.5) is 11.4 Å². The number of anilines is 2. The molecule has 1 heterocycles. The van der Waals surface area contributed by atoms with E-state index in [1.54, 1.807) is 0 Å². The van der Waals surface area contributed by atoms with Gasteiger partial charge in [0.1, 0.15) is 5.75 Å². The summed E-state index contributed by atoms with van der Waals surface area (Å²) in [6.45, 7) is 3.95. The van der Waals surface area contributed by atoms with E-state index in [2.05, 4.69) is 39.4 Å². The normalized spacial score (nSPS) is 14.4. The van der Waals surface area contributed by atoms with Gasteiger partial charge in [0.15, 0.2) is 5.75 Å². The molecule has 0 atom stereocenters. The minimum Gasteiger partial charge on any atom is -0.455 e. The van der Waals surface area contributed by atoms with Gasteiger partial charge in [0.05, 0.1) is 12.2 Å². The number of rotatable bonds is 6. The SMILES string of the molecule is O=C(CN1CCN(c2ccccc2)CC1)Nc1ccccc1Oc1ccccc1. The van der Waals surface area contributed by atoms with Crippen molar-refractivity contribution in [2.75, 3.05) is 42.9 Å². The lowest BCUT2D eigenvalue weighted by molar-refractivity contribution is -0.117. The lowest BCUT2D eigenvalue weighted by Gasteiger charge is -2.35. The summed E-state index contributed by atoms with van der Waals surface area (Å²) in [5, 5.41) is 3.00. The fourth-order valence-corrected chi connectivity index (χ4v) is 3.47. The van der Waals surface area contributed by atoms with Crippen molar-refractivity contribution in [3.63, 3.8) is 0 Å². The van der Waals surface area contributed by atoms with Crippen molar-refractivity contribution in [2.24, 2.45) is 0 Å². The fraction of sp³-hybridized carbons (Fsp3) is 0.208. The maximum atomic E-state index is 12.6. The molecule has 29 heavy (non-hydrogen) atoms. The highest BCUT2D eigenvalue weighted by Gasteiger charge is 2.19. The van der Waals surface area contributed by atoms with Gasteiger partial charge in [-0.3, -0.25) is 9.69 Å². The number of nitrogens with zero attached hydrogens (tertiary/aromatic N) is 2. The van der Waals surface area contributed by atoms with E-state index in [0.29, 0.717) is 18.0 Å². The predicted octanol–water partition coefficient (Wildman–Crippen LogP) is 4.24. The molecule has 0 unspecified atom stereocenters. The minimum absolute atomic E-state index is 0.0257. The van der Waals surface area contributed by atoms with Crippen LogP contribution in [-0.4, -0.2) is 43.5 Å². The smallest absolute Gasteiger partial charge is 0.238 e.